The first-order valence-electron chi connectivity index (χ1n) is 6.84. The van der Waals surface area contributed by atoms with Crippen molar-refractivity contribution in [3.05, 3.63) is 72.2 Å². The van der Waals surface area contributed by atoms with Crippen LogP contribution in [0.1, 0.15) is 21.1 Å². The van der Waals surface area contributed by atoms with Crippen LogP contribution in [-0.2, 0) is 0 Å². The van der Waals surface area contributed by atoms with Crippen LogP contribution >= 0.6 is 0 Å². The smallest absolute Gasteiger partial charge is 0.372 e. The van der Waals surface area contributed by atoms with Crippen molar-refractivity contribution in [1.82, 2.24) is 0 Å². The molecule has 0 amide bonds. The Hall–Kier alpha value is -3.34. The zero-order valence-corrected chi connectivity index (χ0v) is 11.9. The summed E-state index contributed by atoms with van der Waals surface area (Å²) in [6, 6.07) is 17.5. The molecule has 0 atom stereocenters. The van der Waals surface area contributed by atoms with E-state index in [2.05, 4.69) is 0 Å². The summed E-state index contributed by atoms with van der Waals surface area (Å²) in [5.41, 5.74) is 1.70. The molecule has 0 bridgehead atoms. The second kappa shape index (κ2) is 5.81. The number of hydrogen-bond acceptors (Lipinski definition) is 3. The maximum atomic E-state index is 11.5. The molecular formula is C18H12O5. The molecule has 0 fully saturated rings. The minimum atomic E-state index is -1.31. The molecule has 0 spiro atoms. The standard InChI is InChI=1S/C18H12O5/c19-17(20)15-13(11-7-3-1-4-8-11)14(16(23-15)18(21)22)12-9-5-2-6-10-12/h1-10H,(H,19,20)(H,21,22). The van der Waals surface area contributed by atoms with Gasteiger partial charge in [0.1, 0.15) is 0 Å². The van der Waals surface area contributed by atoms with E-state index in [1.807, 2.05) is 0 Å². The third-order valence-electron chi connectivity index (χ3n) is 3.42. The van der Waals surface area contributed by atoms with Gasteiger partial charge in [0.05, 0.1) is 0 Å². The molecule has 3 aromatic rings. The lowest BCUT2D eigenvalue weighted by atomic mass is 9.95. The highest BCUT2D eigenvalue weighted by Gasteiger charge is 2.29. The zero-order chi connectivity index (χ0) is 16.4. The summed E-state index contributed by atoms with van der Waals surface area (Å²) >= 11 is 0. The van der Waals surface area contributed by atoms with Gasteiger partial charge in [0.2, 0.25) is 11.5 Å². The van der Waals surface area contributed by atoms with E-state index in [4.69, 9.17) is 4.42 Å². The predicted molar refractivity (Wildman–Crippen MR) is 83.5 cm³/mol. The predicted octanol–water partition coefficient (Wildman–Crippen LogP) is 4.01. The van der Waals surface area contributed by atoms with Gasteiger partial charge >= 0.3 is 11.9 Å². The highest BCUT2D eigenvalue weighted by atomic mass is 16.4. The van der Waals surface area contributed by atoms with Crippen LogP contribution in [0.4, 0.5) is 0 Å². The molecule has 0 radical (unpaired) electrons. The van der Waals surface area contributed by atoms with Crippen LogP contribution in [0.25, 0.3) is 22.3 Å². The molecule has 5 nitrogen and oxygen atoms in total. The summed E-state index contributed by atoms with van der Waals surface area (Å²) in [5, 5.41) is 18.8. The van der Waals surface area contributed by atoms with Crippen LogP contribution in [0.5, 0.6) is 0 Å². The van der Waals surface area contributed by atoms with Gasteiger partial charge in [0.15, 0.2) is 0 Å². The van der Waals surface area contributed by atoms with Gasteiger partial charge in [-0.05, 0) is 11.1 Å². The summed E-state index contributed by atoms with van der Waals surface area (Å²) < 4.78 is 5.18. The number of carbonyl (C=O) groups is 2. The van der Waals surface area contributed by atoms with Crippen LogP contribution in [-0.4, -0.2) is 22.2 Å². The fourth-order valence-electron chi connectivity index (χ4n) is 2.49. The summed E-state index contributed by atoms with van der Waals surface area (Å²) in [4.78, 5) is 23.1. The molecule has 0 aliphatic carbocycles. The van der Waals surface area contributed by atoms with Crippen molar-refractivity contribution < 1.29 is 24.2 Å². The molecule has 3 rings (SSSR count). The number of carboxylic acids is 2. The molecule has 0 saturated carbocycles. The van der Waals surface area contributed by atoms with Crippen molar-refractivity contribution in [3.63, 3.8) is 0 Å². The summed E-state index contributed by atoms with van der Waals surface area (Å²) in [5.74, 6) is -3.39. The first-order valence-corrected chi connectivity index (χ1v) is 6.84. The van der Waals surface area contributed by atoms with Gasteiger partial charge in [-0.15, -0.1) is 0 Å². The SMILES string of the molecule is O=C(O)c1oc(C(=O)O)c(-c2ccccc2)c1-c1ccccc1. The number of aromatic carboxylic acids is 2. The minimum absolute atomic E-state index is 0.265. The molecule has 1 aromatic heterocycles. The molecule has 23 heavy (non-hydrogen) atoms. The van der Waals surface area contributed by atoms with E-state index < -0.39 is 11.9 Å². The van der Waals surface area contributed by atoms with Crippen LogP contribution in [0, 0.1) is 0 Å². The van der Waals surface area contributed by atoms with Gasteiger partial charge in [-0.3, -0.25) is 0 Å². The van der Waals surface area contributed by atoms with E-state index >= 15 is 0 Å². The lowest BCUT2D eigenvalue weighted by molar-refractivity contribution is 0.0633. The monoisotopic (exact) mass is 308 g/mol. The van der Waals surface area contributed by atoms with Gasteiger partial charge in [-0.25, -0.2) is 9.59 Å². The Balaban J connectivity index is 2.40. The summed E-state index contributed by atoms with van der Waals surface area (Å²) in [7, 11) is 0. The molecule has 2 aromatic carbocycles. The quantitative estimate of drug-likeness (QED) is 0.760. The maximum Gasteiger partial charge on any atom is 0.372 e. The maximum absolute atomic E-state index is 11.5. The van der Waals surface area contributed by atoms with Crippen LogP contribution in [0.3, 0.4) is 0 Å². The fraction of sp³-hybridized carbons (Fsp3) is 0. The van der Waals surface area contributed by atoms with Gasteiger partial charge < -0.3 is 14.6 Å². The molecule has 0 aliphatic heterocycles. The molecule has 5 heteroatoms. The van der Waals surface area contributed by atoms with Gasteiger partial charge in [-0.2, -0.15) is 0 Å². The van der Waals surface area contributed by atoms with Crippen molar-refractivity contribution in [1.29, 1.82) is 0 Å². The Morgan fingerprint density at radius 1 is 0.652 bits per heavy atom. The number of hydrogen-bond donors (Lipinski definition) is 2. The molecular weight excluding hydrogens is 296 g/mol. The minimum Gasteiger partial charge on any atom is -0.475 e. The molecule has 1 heterocycles. The second-order valence-corrected chi connectivity index (χ2v) is 4.85. The normalized spacial score (nSPS) is 10.4. The van der Waals surface area contributed by atoms with E-state index in [9.17, 15) is 19.8 Å². The Morgan fingerprint density at radius 2 is 1.00 bits per heavy atom. The van der Waals surface area contributed by atoms with Crippen LogP contribution in [0.2, 0.25) is 0 Å². The Labute approximate surface area is 131 Å². The average Bonchev–Trinajstić information content (AvgIpc) is 2.97. The van der Waals surface area contributed by atoms with Crippen molar-refractivity contribution in [3.8, 4) is 22.3 Å². The topological polar surface area (TPSA) is 87.7 Å². The highest BCUT2D eigenvalue weighted by Crippen LogP contribution is 2.40. The van der Waals surface area contributed by atoms with E-state index in [0.717, 1.165) is 0 Å². The molecule has 0 saturated heterocycles. The first-order chi connectivity index (χ1) is 11.1. The van der Waals surface area contributed by atoms with Crippen LogP contribution < -0.4 is 0 Å². The Bertz CT molecular complexity index is 791. The second-order valence-electron chi connectivity index (χ2n) is 4.85. The number of rotatable bonds is 4. The van der Waals surface area contributed by atoms with Crippen molar-refractivity contribution >= 4 is 11.9 Å². The Kier molecular flexibility index (Phi) is 3.68. The van der Waals surface area contributed by atoms with Gasteiger partial charge in [-0.1, -0.05) is 60.7 Å². The largest absolute Gasteiger partial charge is 0.475 e. The highest BCUT2D eigenvalue weighted by molar-refractivity contribution is 6.06. The summed E-state index contributed by atoms with van der Waals surface area (Å²) in [6.45, 7) is 0. The number of carboxylic acid groups (broad SMARTS) is 2. The molecule has 114 valence electrons. The van der Waals surface area contributed by atoms with Gasteiger partial charge in [0, 0.05) is 11.1 Å². The molecule has 0 aliphatic rings. The van der Waals surface area contributed by atoms with Crippen molar-refractivity contribution in [2.24, 2.45) is 0 Å². The molecule has 0 unspecified atom stereocenters. The van der Waals surface area contributed by atoms with Gasteiger partial charge in [0.25, 0.3) is 0 Å². The lowest BCUT2D eigenvalue weighted by Gasteiger charge is -2.05. The Morgan fingerprint density at radius 3 is 1.30 bits per heavy atom. The average molecular weight is 308 g/mol. The van der Waals surface area contributed by atoms with Crippen LogP contribution in [0.15, 0.2) is 65.1 Å². The fourth-order valence-corrected chi connectivity index (χ4v) is 2.49. The number of benzene rings is 2. The van der Waals surface area contributed by atoms with E-state index in [1.54, 1.807) is 60.7 Å². The van der Waals surface area contributed by atoms with E-state index in [0.29, 0.717) is 11.1 Å². The third kappa shape index (κ3) is 2.60. The first kappa shape index (κ1) is 14.6. The lowest BCUT2D eigenvalue weighted by Crippen LogP contribution is -1.96. The molecule has 2 N–H and O–H groups in total. The summed E-state index contributed by atoms with van der Waals surface area (Å²) in [6.07, 6.45) is 0. The van der Waals surface area contributed by atoms with Crippen molar-refractivity contribution in [2.75, 3.05) is 0 Å². The zero-order valence-electron chi connectivity index (χ0n) is 11.9. The van der Waals surface area contributed by atoms with E-state index in [-0.39, 0.29) is 22.6 Å². The number of furan rings is 1. The van der Waals surface area contributed by atoms with Crippen molar-refractivity contribution in [2.45, 2.75) is 0 Å². The third-order valence-corrected chi connectivity index (χ3v) is 3.42. The van der Waals surface area contributed by atoms with E-state index in [1.165, 1.54) is 0 Å².